The molecule has 3 aromatic rings. The quantitative estimate of drug-likeness (QED) is 0.728. The lowest BCUT2D eigenvalue weighted by molar-refractivity contribution is 0.746. The third-order valence-corrected chi connectivity index (χ3v) is 3.99. The van der Waals surface area contributed by atoms with Crippen LogP contribution in [-0.2, 0) is 6.42 Å². The molecule has 0 saturated carbocycles. The third-order valence-electron chi connectivity index (χ3n) is 3.58. The fraction of sp³-hybridized carbons (Fsp3) is 0.231. The Bertz CT molecular complexity index is 770. The number of nitrogens with one attached hydrogen (secondary N) is 1. The van der Waals surface area contributed by atoms with Crippen molar-refractivity contribution in [3.63, 3.8) is 0 Å². The SMILES string of the molecule is ClC1Cc2ccccc2C1Nc1cncc2nnnn12. The number of nitrogens with zero attached hydrogens (tertiary/aromatic N) is 5. The molecule has 0 bridgehead atoms. The van der Waals surface area contributed by atoms with Crippen LogP contribution in [0.5, 0.6) is 0 Å². The zero-order chi connectivity index (χ0) is 13.5. The molecule has 0 aliphatic heterocycles. The molecular weight excluding hydrogens is 276 g/mol. The summed E-state index contributed by atoms with van der Waals surface area (Å²) in [6, 6.07) is 8.31. The minimum absolute atomic E-state index is 0.000799. The van der Waals surface area contributed by atoms with Crippen molar-refractivity contribution in [2.24, 2.45) is 0 Å². The first-order chi connectivity index (χ1) is 9.83. The van der Waals surface area contributed by atoms with Gasteiger partial charge in [0, 0.05) is 0 Å². The van der Waals surface area contributed by atoms with E-state index in [2.05, 4.69) is 38.0 Å². The number of benzene rings is 1. The summed E-state index contributed by atoms with van der Waals surface area (Å²) in [5.41, 5.74) is 3.10. The normalized spacial score (nSPS) is 21.1. The van der Waals surface area contributed by atoms with Gasteiger partial charge < -0.3 is 5.32 Å². The molecule has 2 unspecified atom stereocenters. The van der Waals surface area contributed by atoms with Crippen LogP contribution in [0.4, 0.5) is 5.82 Å². The highest BCUT2D eigenvalue weighted by Crippen LogP contribution is 2.36. The van der Waals surface area contributed by atoms with Crippen LogP contribution in [0.2, 0.25) is 0 Å². The van der Waals surface area contributed by atoms with E-state index in [1.807, 2.05) is 12.1 Å². The molecule has 7 heteroatoms. The monoisotopic (exact) mass is 286 g/mol. The maximum atomic E-state index is 6.47. The van der Waals surface area contributed by atoms with Gasteiger partial charge in [0.15, 0.2) is 11.5 Å². The molecule has 20 heavy (non-hydrogen) atoms. The molecule has 4 rings (SSSR count). The lowest BCUT2D eigenvalue weighted by Crippen LogP contribution is -2.18. The molecule has 6 nitrogen and oxygen atoms in total. The van der Waals surface area contributed by atoms with Crippen LogP contribution in [-0.4, -0.2) is 30.4 Å². The van der Waals surface area contributed by atoms with Crippen molar-refractivity contribution in [1.82, 2.24) is 25.0 Å². The molecule has 0 spiro atoms. The Morgan fingerprint density at radius 3 is 3.10 bits per heavy atom. The zero-order valence-corrected chi connectivity index (χ0v) is 11.2. The summed E-state index contributed by atoms with van der Waals surface area (Å²) in [5, 5.41) is 14.9. The number of hydrogen-bond donors (Lipinski definition) is 1. The second-order valence-electron chi connectivity index (χ2n) is 4.78. The predicted molar refractivity (Wildman–Crippen MR) is 74.7 cm³/mol. The highest BCUT2D eigenvalue weighted by atomic mass is 35.5. The first-order valence-corrected chi connectivity index (χ1v) is 6.77. The summed E-state index contributed by atoms with van der Waals surface area (Å²) in [4.78, 5) is 4.14. The Kier molecular flexibility index (Phi) is 2.56. The molecule has 0 fully saturated rings. The second kappa shape index (κ2) is 4.42. The Hall–Kier alpha value is -2.21. The van der Waals surface area contributed by atoms with E-state index in [1.54, 1.807) is 16.9 Å². The molecule has 0 saturated heterocycles. The number of aromatic nitrogens is 5. The van der Waals surface area contributed by atoms with Gasteiger partial charge in [-0.25, -0.2) is 0 Å². The fourth-order valence-corrected chi connectivity index (χ4v) is 3.01. The van der Waals surface area contributed by atoms with Gasteiger partial charge in [0.05, 0.1) is 23.8 Å². The topological polar surface area (TPSA) is 68.0 Å². The van der Waals surface area contributed by atoms with Crippen molar-refractivity contribution < 1.29 is 0 Å². The van der Waals surface area contributed by atoms with Crippen molar-refractivity contribution in [1.29, 1.82) is 0 Å². The average Bonchev–Trinajstić information content (AvgIpc) is 3.05. The van der Waals surface area contributed by atoms with Crippen LogP contribution in [0.15, 0.2) is 36.7 Å². The molecule has 2 atom stereocenters. The van der Waals surface area contributed by atoms with E-state index in [-0.39, 0.29) is 11.4 Å². The Morgan fingerprint density at radius 2 is 2.15 bits per heavy atom. The minimum Gasteiger partial charge on any atom is -0.360 e. The smallest absolute Gasteiger partial charge is 0.199 e. The van der Waals surface area contributed by atoms with Crippen LogP contribution in [0.3, 0.4) is 0 Å². The van der Waals surface area contributed by atoms with Crippen molar-refractivity contribution in [2.75, 3.05) is 5.32 Å². The number of halogens is 1. The average molecular weight is 287 g/mol. The summed E-state index contributed by atoms with van der Waals surface area (Å²) in [7, 11) is 0. The van der Waals surface area contributed by atoms with Gasteiger partial charge >= 0.3 is 0 Å². The Labute approximate surface area is 119 Å². The molecular formula is C13H11ClN6. The number of hydrogen-bond acceptors (Lipinski definition) is 5. The number of tetrazole rings is 1. The van der Waals surface area contributed by atoms with Crippen LogP contribution in [0, 0.1) is 0 Å². The number of alkyl halides is 1. The van der Waals surface area contributed by atoms with Crippen LogP contribution in [0.1, 0.15) is 17.2 Å². The predicted octanol–water partition coefficient (Wildman–Crippen LogP) is 1.84. The maximum Gasteiger partial charge on any atom is 0.199 e. The lowest BCUT2D eigenvalue weighted by Gasteiger charge is -2.18. The van der Waals surface area contributed by atoms with Gasteiger partial charge in [-0.05, 0) is 28.0 Å². The van der Waals surface area contributed by atoms with Gasteiger partial charge in [-0.1, -0.05) is 24.3 Å². The molecule has 0 amide bonds. The van der Waals surface area contributed by atoms with Crippen molar-refractivity contribution in [2.45, 2.75) is 17.8 Å². The summed E-state index contributed by atoms with van der Waals surface area (Å²) in [5.74, 6) is 0.736. The van der Waals surface area contributed by atoms with Crippen molar-refractivity contribution in [3.8, 4) is 0 Å². The highest BCUT2D eigenvalue weighted by Gasteiger charge is 2.31. The molecule has 2 heterocycles. The van der Waals surface area contributed by atoms with Crippen molar-refractivity contribution >= 4 is 23.1 Å². The summed E-state index contributed by atoms with van der Waals surface area (Å²) >= 11 is 6.47. The van der Waals surface area contributed by atoms with Gasteiger partial charge in [-0.15, -0.1) is 16.7 Å². The number of anilines is 1. The van der Waals surface area contributed by atoms with Gasteiger partial charge in [-0.2, -0.15) is 4.52 Å². The van der Waals surface area contributed by atoms with E-state index >= 15 is 0 Å². The van der Waals surface area contributed by atoms with Gasteiger partial charge in [0.2, 0.25) is 0 Å². The molecule has 2 aromatic heterocycles. The summed E-state index contributed by atoms with van der Waals surface area (Å²) in [6.07, 6.45) is 4.17. The van der Waals surface area contributed by atoms with Gasteiger partial charge in [0.1, 0.15) is 0 Å². The minimum atomic E-state index is -0.000799. The number of rotatable bonds is 2. The van der Waals surface area contributed by atoms with Crippen LogP contribution in [0.25, 0.3) is 5.65 Å². The molecule has 0 radical (unpaired) electrons. The first-order valence-electron chi connectivity index (χ1n) is 6.33. The third kappa shape index (κ3) is 1.72. The number of fused-ring (bicyclic) bond motifs is 2. The van der Waals surface area contributed by atoms with E-state index in [9.17, 15) is 0 Å². The first kappa shape index (κ1) is 11.6. The van der Waals surface area contributed by atoms with Crippen LogP contribution >= 0.6 is 11.6 Å². The lowest BCUT2D eigenvalue weighted by atomic mass is 10.1. The van der Waals surface area contributed by atoms with E-state index in [4.69, 9.17) is 11.6 Å². The van der Waals surface area contributed by atoms with Crippen LogP contribution < -0.4 is 5.32 Å². The summed E-state index contributed by atoms with van der Waals surface area (Å²) in [6.45, 7) is 0. The van der Waals surface area contributed by atoms with E-state index in [1.165, 1.54) is 11.1 Å². The molecule has 1 aliphatic rings. The zero-order valence-electron chi connectivity index (χ0n) is 10.4. The largest absolute Gasteiger partial charge is 0.360 e. The van der Waals surface area contributed by atoms with E-state index in [0.717, 1.165) is 12.2 Å². The molecule has 1 N–H and O–H groups in total. The second-order valence-corrected chi connectivity index (χ2v) is 5.34. The fourth-order valence-electron chi connectivity index (χ4n) is 2.65. The van der Waals surface area contributed by atoms with Gasteiger partial charge in [0.25, 0.3) is 0 Å². The highest BCUT2D eigenvalue weighted by molar-refractivity contribution is 6.21. The Morgan fingerprint density at radius 1 is 1.25 bits per heavy atom. The van der Waals surface area contributed by atoms with Crippen molar-refractivity contribution in [3.05, 3.63) is 47.8 Å². The molecule has 1 aliphatic carbocycles. The van der Waals surface area contributed by atoms with E-state index in [0.29, 0.717) is 5.65 Å². The van der Waals surface area contributed by atoms with E-state index < -0.39 is 0 Å². The van der Waals surface area contributed by atoms with Gasteiger partial charge in [-0.3, -0.25) is 4.98 Å². The standard InChI is InChI=1S/C13H11ClN6/c14-10-5-8-3-1-2-4-9(8)13(10)16-11-6-15-7-12-17-18-19-20(11)12/h1-4,6-7,10,13,16H,5H2. The summed E-state index contributed by atoms with van der Waals surface area (Å²) < 4.78 is 1.62. The molecule has 100 valence electrons. The maximum absolute atomic E-state index is 6.47. The molecule has 1 aromatic carbocycles. The Balaban J connectivity index is 1.74.